The van der Waals surface area contributed by atoms with Gasteiger partial charge in [0.25, 0.3) is 0 Å². The molecule has 1 aliphatic heterocycles. The van der Waals surface area contributed by atoms with E-state index < -0.39 is 16.1 Å². The van der Waals surface area contributed by atoms with Gasteiger partial charge in [0.2, 0.25) is 15.9 Å². The fraction of sp³-hybridized carbons (Fsp3) is 0.462. The van der Waals surface area contributed by atoms with Gasteiger partial charge in [0.05, 0.1) is 22.0 Å². The number of benzene rings is 1. The van der Waals surface area contributed by atoms with Gasteiger partial charge in [0.15, 0.2) is 0 Å². The molecule has 1 aliphatic rings. The van der Waals surface area contributed by atoms with Crippen molar-refractivity contribution < 1.29 is 13.2 Å². The third kappa shape index (κ3) is 3.88. The molecule has 1 aromatic carbocycles. The highest BCUT2D eigenvalue weighted by atomic mass is 35.5. The lowest BCUT2D eigenvalue weighted by atomic mass is 10.0. The van der Waals surface area contributed by atoms with E-state index in [4.69, 9.17) is 23.2 Å². The van der Waals surface area contributed by atoms with Gasteiger partial charge in [-0.25, -0.2) is 8.42 Å². The molecule has 0 aromatic heterocycles. The number of carbonyl (C=O) groups excluding carboxylic acids is 1. The van der Waals surface area contributed by atoms with Crippen molar-refractivity contribution in [2.24, 2.45) is 0 Å². The Hall–Kier alpha value is -0.820. The number of carbonyl (C=O) groups is 1. The van der Waals surface area contributed by atoms with Crippen molar-refractivity contribution in [3.63, 3.8) is 0 Å². The van der Waals surface area contributed by atoms with Crippen LogP contribution < -0.4 is 5.32 Å². The van der Waals surface area contributed by atoms with Gasteiger partial charge in [-0.05, 0) is 25.0 Å². The predicted molar refractivity (Wildman–Crippen MR) is 84.3 cm³/mol. The molecule has 0 aliphatic carbocycles. The molecule has 1 fully saturated rings. The Labute approximate surface area is 134 Å². The Morgan fingerprint density at radius 2 is 2.05 bits per heavy atom. The molecule has 0 bridgehead atoms. The van der Waals surface area contributed by atoms with Crippen LogP contribution in [0.1, 0.15) is 19.3 Å². The predicted octanol–water partition coefficient (Wildman–Crippen LogP) is 2.75. The number of nitrogens with one attached hydrogen (secondary N) is 1. The molecular weight excluding hydrogens is 335 g/mol. The summed E-state index contributed by atoms with van der Waals surface area (Å²) in [6, 6.07) is 4.20. The average Bonchev–Trinajstić information content (AvgIpc) is 2.43. The molecule has 1 aromatic rings. The molecule has 0 saturated carbocycles. The first kappa shape index (κ1) is 16.5. The number of halogens is 2. The molecule has 2 rings (SSSR count). The third-order valence-electron chi connectivity index (χ3n) is 3.39. The van der Waals surface area contributed by atoms with E-state index in [0.29, 0.717) is 23.7 Å². The first-order valence-corrected chi connectivity index (χ1v) is 9.13. The van der Waals surface area contributed by atoms with Crippen LogP contribution in [0.5, 0.6) is 0 Å². The zero-order valence-corrected chi connectivity index (χ0v) is 13.8. The summed E-state index contributed by atoms with van der Waals surface area (Å²) in [5, 5.41) is 3.24. The van der Waals surface area contributed by atoms with Gasteiger partial charge in [0.1, 0.15) is 6.04 Å². The highest BCUT2D eigenvalue weighted by molar-refractivity contribution is 7.88. The van der Waals surface area contributed by atoms with Gasteiger partial charge in [-0.3, -0.25) is 4.79 Å². The minimum Gasteiger partial charge on any atom is -0.323 e. The van der Waals surface area contributed by atoms with Crippen molar-refractivity contribution >= 4 is 44.8 Å². The molecule has 1 saturated heterocycles. The Kier molecular flexibility index (Phi) is 5.14. The molecule has 8 heteroatoms. The molecule has 1 N–H and O–H groups in total. The molecule has 21 heavy (non-hydrogen) atoms. The molecule has 1 unspecified atom stereocenters. The maximum atomic E-state index is 12.4. The minimum atomic E-state index is -3.42. The smallest absolute Gasteiger partial charge is 0.242 e. The van der Waals surface area contributed by atoms with Crippen LogP contribution in [0.3, 0.4) is 0 Å². The number of rotatable bonds is 3. The van der Waals surface area contributed by atoms with Crippen LogP contribution in [0.15, 0.2) is 18.2 Å². The van der Waals surface area contributed by atoms with E-state index in [1.807, 2.05) is 0 Å². The Morgan fingerprint density at radius 1 is 1.33 bits per heavy atom. The van der Waals surface area contributed by atoms with Gasteiger partial charge in [-0.15, -0.1) is 0 Å². The summed E-state index contributed by atoms with van der Waals surface area (Å²) >= 11 is 11.9. The molecule has 116 valence electrons. The minimum absolute atomic E-state index is 0.245. The normalized spacial score (nSPS) is 20.2. The number of piperidine rings is 1. The van der Waals surface area contributed by atoms with Crippen LogP contribution in [0.2, 0.25) is 10.0 Å². The van der Waals surface area contributed by atoms with Crippen molar-refractivity contribution in [2.45, 2.75) is 25.3 Å². The number of anilines is 1. The van der Waals surface area contributed by atoms with Gasteiger partial charge < -0.3 is 5.32 Å². The molecule has 5 nitrogen and oxygen atoms in total. The summed E-state index contributed by atoms with van der Waals surface area (Å²) in [4.78, 5) is 12.4. The lowest BCUT2D eigenvalue weighted by molar-refractivity contribution is -0.120. The zero-order valence-electron chi connectivity index (χ0n) is 11.5. The monoisotopic (exact) mass is 350 g/mol. The van der Waals surface area contributed by atoms with Crippen molar-refractivity contribution in [3.8, 4) is 0 Å². The highest BCUT2D eigenvalue weighted by Crippen LogP contribution is 2.30. The van der Waals surface area contributed by atoms with Crippen molar-refractivity contribution in [3.05, 3.63) is 28.2 Å². The second-order valence-electron chi connectivity index (χ2n) is 4.98. The quantitative estimate of drug-likeness (QED) is 0.911. The van der Waals surface area contributed by atoms with Gasteiger partial charge in [-0.1, -0.05) is 35.7 Å². The van der Waals surface area contributed by atoms with Crippen LogP contribution in [0.25, 0.3) is 0 Å². The highest BCUT2D eigenvalue weighted by Gasteiger charge is 2.34. The maximum Gasteiger partial charge on any atom is 0.242 e. The van der Waals surface area contributed by atoms with Crippen molar-refractivity contribution in [2.75, 3.05) is 18.1 Å². The lowest BCUT2D eigenvalue weighted by Crippen LogP contribution is -2.49. The Morgan fingerprint density at radius 3 is 2.71 bits per heavy atom. The molecular formula is C13H16Cl2N2O3S. The standard InChI is InChI=1S/C13H16Cl2N2O3S/c1-21(19,20)17-8-3-2-7-11(17)13(18)16-10-6-4-5-9(14)12(10)15/h4-6,11H,2-3,7-8H2,1H3,(H,16,18). The van der Waals surface area contributed by atoms with Crippen molar-refractivity contribution in [1.82, 2.24) is 4.31 Å². The number of amides is 1. The molecule has 0 radical (unpaired) electrons. The van der Waals surface area contributed by atoms with Crippen LogP contribution in [0, 0.1) is 0 Å². The second kappa shape index (κ2) is 6.52. The van der Waals surface area contributed by atoms with Crippen molar-refractivity contribution in [1.29, 1.82) is 0 Å². The third-order valence-corrected chi connectivity index (χ3v) is 5.50. The number of nitrogens with zero attached hydrogens (tertiary/aromatic N) is 1. The first-order chi connectivity index (χ1) is 9.80. The number of hydrogen-bond acceptors (Lipinski definition) is 3. The van der Waals surface area contributed by atoms with Crippen LogP contribution in [-0.2, 0) is 14.8 Å². The van der Waals surface area contributed by atoms with Gasteiger partial charge >= 0.3 is 0 Å². The molecule has 0 spiro atoms. The fourth-order valence-corrected chi connectivity index (χ4v) is 3.85. The Balaban J connectivity index is 2.20. The van der Waals surface area contributed by atoms with E-state index in [1.165, 1.54) is 4.31 Å². The lowest BCUT2D eigenvalue weighted by Gasteiger charge is -2.32. The van der Waals surface area contributed by atoms with E-state index in [9.17, 15) is 13.2 Å². The number of hydrogen-bond donors (Lipinski definition) is 1. The van der Waals surface area contributed by atoms with Crippen LogP contribution >= 0.6 is 23.2 Å². The van der Waals surface area contributed by atoms with E-state index >= 15 is 0 Å². The summed E-state index contributed by atoms with van der Waals surface area (Å²) in [6.07, 6.45) is 3.18. The summed E-state index contributed by atoms with van der Waals surface area (Å²) in [5.74, 6) is -0.385. The van der Waals surface area contributed by atoms with Gasteiger partial charge in [-0.2, -0.15) is 4.31 Å². The second-order valence-corrected chi connectivity index (χ2v) is 7.70. The SMILES string of the molecule is CS(=O)(=O)N1CCCCC1C(=O)Nc1cccc(Cl)c1Cl. The first-order valence-electron chi connectivity index (χ1n) is 6.52. The largest absolute Gasteiger partial charge is 0.323 e. The Bertz CT molecular complexity index is 649. The molecule has 1 heterocycles. The van der Waals surface area contributed by atoms with E-state index in [0.717, 1.165) is 19.1 Å². The summed E-state index contributed by atoms with van der Waals surface area (Å²) in [5.41, 5.74) is 0.383. The molecule has 1 atom stereocenters. The average molecular weight is 351 g/mol. The van der Waals surface area contributed by atoms with Gasteiger partial charge in [0, 0.05) is 6.54 Å². The topological polar surface area (TPSA) is 66.5 Å². The number of sulfonamides is 1. The van der Waals surface area contributed by atoms with E-state index in [2.05, 4.69) is 5.32 Å². The van der Waals surface area contributed by atoms with Crippen LogP contribution in [-0.4, -0.2) is 37.5 Å². The maximum absolute atomic E-state index is 12.4. The summed E-state index contributed by atoms with van der Waals surface area (Å²) < 4.78 is 24.8. The zero-order chi connectivity index (χ0) is 15.6. The van der Waals surface area contributed by atoms with E-state index in [-0.39, 0.29) is 10.9 Å². The summed E-state index contributed by atoms with van der Waals surface area (Å²) in [6.45, 7) is 0.361. The molecule has 1 amide bonds. The summed E-state index contributed by atoms with van der Waals surface area (Å²) in [7, 11) is -3.42. The van der Waals surface area contributed by atoms with Crippen LogP contribution in [0.4, 0.5) is 5.69 Å². The fourth-order valence-electron chi connectivity index (χ4n) is 2.38. The van der Waals surface area contributed by atoms with E-state index in [1.54, 1.807) is 18.2 Å².